The highest BCUT2D eigenvalue weighted by Crippen LogP contribution is 2.11. The first kappa shape index (κ1) is 14.7. The van der Waals surface area contributed by atoms with Gasteiger partial charge in [-0.15, -0.1) is 0 Å². The molecule has 3 nitrogen and oxygen atoms in total. The third kappa shape index (κ3) is 3.67. The largest absolute Gasteiger partial charge is 0.336 e. The lowest BCUT2D eigenvalue weighted by atomic mass is 10.1. The number of rotatable bonds is 4. The molecule has 104 valence electrons. The maximum atomic E-state index is 12.3. The zero-order chi connectivity index (χ0) is 14.5. The molecule has 1 amide bonds. The Kier molecular flexibility index (Phi) is 4.90. The van der Waals surface area contributed by atoms with Gasteiger partial charge in [0, 0.05) is 13.6 Å². The minimum atomic E-state index is -0.0779. The lowest BCUT2D eigenvalue weighted by Gasteiger charge is -2.17. The van der Waals surface area contributed by atoms with Gasteiger partial charge in [0.05, 0.1) is 0 Å². The monoisotopic (exact) mass is 332 g/mol. The summed E-state index contributed by atoms with van der Waals surface area (Å²) in [6, 6.07) is 13.7. The molecule has 0 radical (unpaired) electrons. The van der Waals surface area contributed by atoms with Gasteiger partial charge in [-0.1, -0.05) is 37.3 Å². The highest BCUT2D eigenvalue weighted by Gasteiger charge is 2.13. The number of nitrogens with zero attached hydrogens (tertiary/aromatic N) is 2. The molecule has 1 aromatic carbocycles. The molecule has 0 aliphatic rings. The lowest BCUT2D eigenvalue weighted by Crippen LogP contribution is -2.27. The zero-order valence-corrected chi connectivity index (χ0v) is 13.2. The number of hydrogen-bond donors (Lipinski definition) is 0. The van der Waals surface area contributed by atoms with Crippen molar-refractivity contribution >= 4 is 21.8 Å². The van der Waals surface area contributed by atoms with E-state index in [0.717, 1.165) is 12.0 Å². The zero-order valence-electron chi connectivity index (χ0n) is 11.6. The molecule has 0 spiro atoms. The molecule has 0 saturated carbocycles. The summed E-state index contributed by atoms with van der Waals surface area (Å²) in [5, 5.41) is 0. The van der Waals surface area contributed by atoms with Gasteiger partial charge in [0.2, 0.25) is 0 Å². The van der Waals surface area contributed by atoms with Crippen LogP contribution in [-0.4, -0.2) is 22.8 Å². The Bertz CT molecular complexity index is 596. The molecular formula is C16H17BrN2O. The SMILES string of the molecule is CCc1ccc(CN(C)C(=O)c2cccc(Br)n2)cc1. The van der Waals surface area contributed by atoms with Gasteiger partial charge in [0.1, 0.15) is 10.3 Å². The van der Waals surface area contributed by atoms with E-state index in [9.17, 15) is 4.79 Å². The summed E-state index contributed by atoms with van der Waals surface area (Å²) in [7, 11) is 1.79. The number of carbonyl (C=O) groups is 1. The third-order valence-electron chi connectivity index (χ3n) is 3.13. The fraction of sp³-hybridized carbons (Fsp3) is 0.250. The molecule has 2 rings (SSSR count). The van der Waals surface area contributed by atoms with Crippen LogP contribution in [0.3, 0.4) is 0 Å². The lowest BCUT2D eigenvalue weighted by molar-refractivity contribution is 0.0779. The minimum Gasteiger partial charge on any atom is -0.336 e. The van der Waals surface area contributed by atoms with Crippen molar-refractivity contribution in [2.24, 2.45) is 0 Å². The Balaban J connectivity index is 2.07. The van der Waals surface area contributed by atoms with Crippen molar-refractivity contribution in [2.45, 2.75) is 19.9 Å². The van der Waals surface area contributed by atoms with Gasteiger partial charge < -0.3 is 4.90 Å². The van der Waals surface area contributed by atoms with Crippen molar-refractivity contribution < 1.29 is 4.79 Å². The Morgan fingerprint density at radius 3 is 2.40 bits per heavy atom. The smallest absolute Gasteiger partial charge is 0.272 e. The second-order valence-electron chi connectivity index (χ2n) is 4.68. The maximum Gasteiger partial charge on any atom is 0.272 e. The first-order chi connectivity index (χ1) is 9.60. The molecule has 0 atom stereocenters. The van der Waals surface area contributed by atoms with E-state index in [4.69, 9.17) is 0 Å². The number of amides is 1. The molecular weight excluding hydrogens is 316 g/mol. The minimum absolute atomic E-state index is 0.0779. The van der Waals surface area contributed by atoms with Crippen LogP contribution in [0.1, 0.15) is 28.5 Å². The molecule has 0 N–H and O–H groups in total. The fourth-order valence-corrected chi connectivity index (χ4v) is 2.29. The summed E-state index contributed by atoms with van der Waals surface area (Å²) in [5.74, 6) is -0.0779. The Morgan fingerprint density at radius 1 is 1.15 bits per heavy atom. The van der Waals surface area contributed by atoms with E-state index < -0.39 is 0 Å². The van der Waals surface area contributed by atoms with E-state index >= 15 is 0 Å². The number of pyridine rings is 1. The average molecular weight is 333 g/mol. The van der Waals surface area contributed by atoms with Gasteiger partial charge >= 0.3 is 0 Å². The first-order valence-corrected chi connectivity index (χ1v) is 7.35. The standard InChI is InChI=1S/C16H17BrN2O/c1-3-12-7-9-13(10-8-12)11-19(2)16(20)14-5-4-6-15(17)18-14/h4-10H,3,11H2,1-2H3. The fourth-order valence-electron chi connectivity index (χ4n) is 1.95. The number of halogens is 1. The summed E-state index contributed by atoms with van der Waals surface area (Å²) in [6.45, 7) is 2.71. The van der Waals surface area contributed by atoms with Crippen LogP contribution in [0.25, 0.3) is 0 Å². The number of aromatic nitrogens is 1. The summed E-state index contributed by atoms with van der Waals surface area (Å²) in [5.41, 5.74) is 2.87. The second kappa shape index (κ2) is 6.66. The molecule has 1 heterocycles. The highest BCUT2D eigenvalue weighted by molar-refractivity contribution is 9.10. The molecule has 0 unspecified atom stereocenters. The Hall–Kier alpha value is -1.68. The van der Waals surface area contributed by atoms with E-state index in [2.05, 4.69) is 52.1 Å². The summed E-state index contributed by atoms with van der Waals surface area (Å²) in [6.07, 6.45) is 1.02. The van der Waals surface area contributed by atoms with Crippen LogP contribution in [0.4, 0.5) is 0 Å². The van der Waals surface area contributed by atoms with Crippen LogP contribution < -0.4 is 0 Å². The molecule has 0 aliphatic carbocycles. The van der Waals surface area contributed by atoms with E-state index in [1.165, 1.54) is 5.56 Å². The van der Waals surface area contributed by atoms with Crippen LogP contribution >= 0.6 is 15.9 Å². The highest BCUT2D eigenvalue weighted by atomic mass is 79.9. The van der Waals surface area contributed by atoms with Gasteiger partial charge in [0.15, 0.2) is 0 Å². The second-order valence-corrected chi connectivity index (χ2v) is 5.49. The van der Waals surface area contributed by atoms with Gasteiger partial charge in [-0.05, 0) is 45.6 Å². The van der Waals surface area contributed by atoms with Crippen LogP contribution in [0.2, 0.25) is 0 Å². The quantitative estimate of drug-likeness (QED) is 0.800. The molecule has 1 aromatic heterocycles. The predicted molar refractivity (Wildman–Crippen MR) is 83.6 cm³/mol. The van der Waals surface area contributed by atoms with Gasteiger partial charge in [-0.3, -0.25) is 4.79 Å². The number of carbonyl (C=O) groups excluding carboxylic acids is 1. The van der Waals surface area contributed by atoms with Crippen molar-refractivity contribution in [1.29, 1.82) is 0 Å². The van der Waals surface area contributed by atoms with Crippen LogP contribution in [-0.2, 0) is 13.0 Å². The van der Waals surface area contributed by atoms with Crippen molar-refractivity contribution in [2.75, 3.05) is 7.05 Å². The van der Waals surface area contributed by atoms with Crippen molar-refractivity contribution in [3.05, 3.63) is 63.9 Å². The van der Waals surface area contributed by atoms with Crippen molar-refractivity contribution in [3.63, 3.8) is 0 Å². The van der Waals surface area contributed by atoms with Crippen molar-refractivity contribution in [3.8, 4) is 0 Å². The number of benzene rings is 1. The van der Waals surface area contributed by atoms with Gasteiger partial charge in [-0.2, -0.15) is 0 Å². The molecule has 0 bridgehead atoms. The first-order valence-electron chi connectivity index (χ1n) is 6.56. The Morgan fingerprint density at radius 2 is 1.80 bits per heavy atom. The normalized spacial score (nSPS) is 10.3. The van der Waals surface area contributed by atoms with E-state index in [-0.39, 0.29) is 5.91 Å². The summed E-state index contributed by atoms with van der Waals surface area (Å²) < 4.78 is 0.670. The number of hydrogen-bond acceptors (Lipinski definition) is 2. The average Bonchev–Trinajstić information content (AvgIpc) is 2.47. The predicted octanol–water partition coefficient (Wildman–Crippen LogP) is 3.68. The maximum absolute atomic E-state index is 12.3. The van der Waals surface area contributed by atoms with E-state index in [1.54, 1.807) is 24.1 Å². The van der Waals surface area contributed by atoms with Gasteiger partial charge in [0.25, 0.3) is 5.91 Å². The molecule has 4 heteroatoms. The van der Waals surface area contributed by atoms with Crippen molar-refractivity contribution in [1.82, 2.24) is 9.88 Å². The van der Waals surface area contributed by atoms with Crippen LogP contribution in [0.5, 0.6) is 0 Å². The van der Waals surface area contributed by atoms with E-state index in [1.807, 2.05) is 6.07 Å². The summed E-state index contributed by atoms with van der Waals surface area (Å²) in [4.78, 5) is 18.1. The molecule has 0 aliphatic heterocycles. The Labute approximate surface area is 127 Å². The van der Waals surface area contributed by atoms with Crippen LogP contribution in [0, 0.1) is 0 Å². The topological polar surface area (TPSA) is 33.2 Å². The molecule has 2 aromatic rings. The molecule has 0 fully saturated rings. The summed E-state index contributed by atoms with van der Waals surface area (Å²) >= 11 is 3.28. The third-order valence-corrected chi connectivity index (χ3v) is 3.57. The molecule has 20 heavy (non-hydrogen) atoms. The van der Waals surface area contributed by atoms with Crippen LogP contribution in [0.15, 0.2) is 47.1 Å². The van der Waals surface area contributed by atoms with Gasteiger partial charge in [-0.25, -0.2) is 4.98 Å². The van der Waals surface area contributed by atoms with E-state index in [0.29, 0.717) is 16.8 Å². The molecule has 0 saturated heterocycles. The number of aryl methyl sites for hydroxylation is 1.